The average molecular weight is 406 g/mol. The van der Waals surface area contributed by atoms with Crippen molar-refractivity contribution in [2.75, 3.05) is 0 Å². The van der Waals surface area contributed by atoms with Gasteiger partial charge >= 0.3 is 6.18 Å². The van der Waals surface area contributed by atoms with Crippen LogP contribution in [-0.2, 0) is 30.4 Å². The number of nitrogens with zero attached hydrogens (tertiary/aromatic N) is 4. The summed E-state index contributed by atoms with van der Waals surface area (Å²) >= 11 is 0. The van der Waals surface area contributed by atoms with Crippen LogP contribution in [-0.4, -0.2) is 30.9 Å². The minimum atomic E-state index is -4.41. The van der Waals surface area contributed by atoms with Crippen LogP contribution in [0, 0.1) is 6.92 Å². The van der Waals surface area contributed by atoms with Gasteiger partial charge in [0.15, 0.2) is 5.69 Å². The van der Waals surface area contributed by atoms with Crippen LogP contribution in [0.3, 0.4) is 0 Å². The second kappa shape index (κ2) is 8.50. The summed E-state index contributed by atoms with van der Waals surface area (Å²) in [4.78, 5) is 12.6. The van der Waals surface area contributed by atoms with Gasteiger partial charge < -0.3 is 9.67 Å². The smallest absolute Gasteiger partial charge is 0.435 e. The first-order valence-corrected chi connectivity index (χ1v) is 9.18. The highest BCUT2D eigenvalue weighted by Crippen LogP contribution is 2.36. The number of carbonyl (C=O) groups is 1. The molecule has 0 fully saturated rings. The van der Waals surface area contributed by atoms with Gasteiger partial charge in [-0.2, -0.15) is 18.3 Å². The van der Waals surface area contributed by atoms with Crippen LogP contribution in [0.2, 0.25) is 0 Å². The first-order valence-electron chi connectivity index (χ1n) is 9.18. The topological polar surface area (TPSA) is 72.9 Å². The van der Waals surface area contributed by atoms with Crippen molar-refractivity contribution in [2.45, 2.75) is 45.3 Å². The van der Waals surface area contributed by atoms with Gasteiger partial charge in [0.2, 0.25) is 0 Å². The van der Waals surface area contributed by atoms with Gasteiger partial charge in [-0.15, -0.1) is 0 Å². The summed E-state index contributed by atoms with van der Waals surface area (Å²) < 4.78 is 43.5. The van der Waals surface area contributed by atoms with E-state index in [0.29, 0.717) is 36.3 Å². The van der Waals surface area contributed by atoms with Gasteiger partial charge in [0.1, 0.15) is 5.82 Å². The molecule has 0 radical (unpaired) electrons. The molecular weight excluding hydrogens is 385 g/mol. The number of rotatable bonds is 3. The first kappa shape index (κ1) is 20.6. The zero-order chi connectivity index (χ0) is 21.0. The quantitative estimate of drug-likeness (QED) is 0.667. The lowest BCUT2D eigenvalue weighted by atomic mass is 9.95. The molecular formula is C20H21F3N4O2. The Morgan fingerprint density at radius 2 is 1.83 bits per heavy atom. The lowest BCUT2D eigenvalue weighted by molar-refractivity contribution is -0.142. The monoisotopic (exact) mass is 406 g/mol. The van der Waals surface area contributed by atoms with E-state index in [1.165, 1.54) is 4.68 Å². The molecule has 0 spiro atoms. The van der Waals surface area contributed by atoms with Gasteiger partial charge in [0.25, 0.3) is 6.47 Å². The maximum absolute atomic E-state index is 13.3. The Balaban J connectivity index is 0.000000755. The van der Waals surface area contributed by atoms with Crippen molar-refractivity contribution in [2.24, 2.45) is 0 Å². The molecule has 1 aliphatic carbocycles. The predicted octanol–water partition coefficient (Wildman–Crippen LogP) is 4.02. The fourth-order valence-corrected chi connectivity index (χ4v) is 3.55. The fourth-order valence-electron chi connectivity index (χ4n) is 3.55. The Kier molecular flexibility index (Phi) is 6.05. The summed E-state index contributed by atoms with van der Waals surface area (Å²) in [5.74, 6) is 0.921. The normalized spacial score (nSPS) is 13.4. The second-order valence-corrected chi connectivity index (χ2v) is 6.76. The van der Waals surface area contributed by atoms with E-state index in [1.54, 1.807) is 6.20 Å². The van der Waals surface area contributed by atoms with Crippen molar-refractivity contribution in [3.05, 3.63) is 65.0 Å². The molecule has 0 saturated heterocycles. The molecule has 0 unspecified atom stereocenters. The Hall–Kier alpha value is -3.10. The third-order valence-corrected chi connectivity index (χ3v) is 4.91. The number of halogens is 3. The molecule has 29 heavy (non-hydrogen) atoms. The molecule has 3 aromatic rings. The van der Waals surface area contributed by atoms with Gasteiger partial charge in [0, 0.05) is 30.2 Å². The zero-order valence-electron chi connectivity index (χ0n) is 15.9. The Morgan fingerprint density at radius 1 is 1.17 bits per heavy atom. The standard InChI is InChI=1S/C19H19F3N4.CH2O2/c1-13-23-10-11-25(13)12-14-6-8-15(9-7-14)26-17-5-3-2-4-16(17)18(24-26)19(20,21)22;2-1-3/h6-11H,2-5,12H2,1H3;1H,(H,2,3). The van der Waals surface area contributed by atoms with Gasteiger partial charge in [-0.1, -0.05) is 12.1 Å². The van der Waals surface area contributed by atoms with Crippen molar-refractivity contribution in [3.8, 4) is 5.69 Å². The van der Waals surface area contributed by atoms with Crippen LogP contribution in [0.1, 0.15) is 41.2 Å². The average Bonchev–Trinajstić information content (AvgIpc) is 3.27. The second-order valence-electron chi connectivity index (χ2n) is 6.76. The first-order chi connectivity index (χ1) is 13.8. The van der Waals surface area contributed by atoms with Gasteiger partial charge in [-0.3, -0.25) is 4.79 Å². The molecule has 154 valence electrons. The number of carboxylic acid groups (broad SMARTS) is 1. The zero-order valence-corrected chi connectivity index (χ0v) is 15.9. The molecule has 1 aromatic carbocycles. The van der Waals surface area contributed by atoms with Crippen molar-refractivity contribution in [3.63, 3.8) is 0 Å². The summed E-state index contributed by atoms with van der Waals surface area (Å²) in [6.45, 7) is 2.36. The minimum Gasteiger partial charge on any atom is -0.483 e. The van der Waals surface area contributed by atoms with E-state index in [-0.39, 0.29) is 6.47 Å². The molecule has 1 N–H and O–H groups in total. The van der Waals surface area contributed by atoms with Crippen molar-refractivity contribution >= 4 is 6.47 Å². The fraction of sp³-hybridized carbons (Fsp3) is 0.350. The van der Waals surface area contributed by atoms with Crippen LogP contribution >= 0.6 is 0 Å². The number of hydrogen-bond donors (Lipinski definition) is 1. The molecule has 0 atom stereocenters. The number of fused-ring (bicyclic) bond motifs is 1. The number of aromatic nitrogens is 4. The molecule has 4 rings (SSSR count). The number of aryl methyl sites for hydroxylation is 1. The number of benzene rings is 1. The van der Waals surface area contributed by atoms with Crippen LogP contribution in [0.15, 0.2) is 36.7 Å². The summed E-state index contributed by atoms with van der Waals surface area (Å²) in [6, 6.07) is 7.53. The van der Waals surface area contributed by atoms with E-state index in [1.807, 2.05) is 42.0 Å². The van der Waals surface area contributed by atoms with Crippen LogP contribution in [0.25, 0.3) is 5.69 Å². The number of imidazole rings is 1. The SMILES string of the molecule is Cc1nccn1Cc1ccc(-n2nc(C(F)(F)F)c3c2CCCC3)cc1.O=CO. The molecule has 2 heterocycles. The highest BCUT2D eigenvalue weighted by Gasteiger charge is 2.39. The van der Waals surface area contributed by atoms with Crippen molar-refractivity contribution in [1.82, 2.24) is 19.3 Å². The highest BCUT2D eigenvalue weighted by molar-refractivity contribution is 5.41. The Bertz CT molecular complexity index is 975. The molecule has 0 aliphatic heterocycles. The molecule has 0 bridgehead atoms. The summed E-state index contributed by atoms with van der Waals surface area (Å²) in [5.41, 5.74) is 2.06. The summed E-state index contributed by atoms with van der Waals surface area (Å²) in [5, 5.41) is 10.8. The van der Waals surface area contributed by atoms with Crippen LogP contribution in [0.5, 0.6) is 0 Å². The maximum atomic E-state index is 13.3. The van der Waals surface area contributed by atoms with E-state index in [4.69, 9.17) is 9.90 Å². The number of alkyl halides is 3. The molecule has 0 saturated carbocycles. The Morgan fingerprint density at radius 3 is 2.41 bits per heavy atom. The van der Waals surface area contributed by atoms with E-state index >= 15 is 0 Å². The van der Waals surface area contributed by atoms with E-state index < -0.39 is 11.9 Å². The third kappa shape index (κ3) is 4.49. The largest absolute Gasteiger partial charge is 0.483 e. The molecule has 9 heteroatoms. The van der Waals surface area contributed by atoms with Crippen LogP contribution < -0.4 is 0 Å². The van der Waals surface area contributed by atoms with E-state index in [0.717, 1.165) is 24.2 Å². The molecule has 0 amide bonds. The van der Waals surface area contributed by atoms with E-state index in [9.17, 15) is 13.2 Å². The number of hydrogen-bond acceptors (Lipinski definition) is 3. The predicted molar refractivity (Wildman–Crippen MR) is 100.0 cm³/mol. The molecule has 6 nitrogen and oxygen atoms in total. The lowest BCUT2D eigenvalue weighted by Crippen LogP contribution is -2.11. The summed E-state index contributed by atoms with van der Waals surface area (Å²) in [6.07, 6.45) is 2.00. The molecule has 1 aliphatic rings. The van der Waals surface area contributed by atoms with Gasteiger partial charge in [-0.05, 0) is 50.3 Å². The minimum absolute atomic E-state index is 0.250. The third-order valence-electron chi connectivity index (χ3n) is 4.91. The molecule has 2 aromatic heterocycles. The van der Waals surface area contributed by atoms with E-state index in [2.05, 4.69) is 10.1 Å². The van der Waals surface area contributed by atoms with Gasteiger partial charge in [-0.25, -0.2) is 9.67 Å². The summed E-state index contributed by atoms with van der Waals surface area (Å²) in [7, 11) is 0. The Labute approximate surface area is 165 Å². The van der Waals surface area contributed by atoms with Crippen LogP contribution in [0.4, 0.5) is 13.2 Å². The highest BCUT2D eigenvalue weighted by atomic mass is 19.4. The maximum Gasteiger partial charge on any atom is 0.435 e. The van der Waals surface area contributed by atoms with Crippen molar-refractivity contribution in [1.29, 1.82) is 0 Å². The van der Waals surface area contributed by atoms with Gasteiger partial charge in [0.05, 0.1) is 5.69 Å². The lowest BCUT2D eigenvalue weighted by Gasteiger charge is -2.15. The van der Waals surface area contributed by atoms with Crippen molar-refractivity contribution < 1.29 is 23.1 Å².